The second-order valence-electron chi connectivity index (χ2n) is 10.7. The Morgan fingerprint density at radius 2 is 1.23 bits per heavy atom. The van der Waals surface area contributed by atoms with Crippen LogP contribution in [-0.2, 0) is 11.7 Å². The Morgan fingerprint density at radius 3 is 1.72 bits per heavy atom. The molecular formula is C33H36F3N7. The highest BCUT2D eigenvalue weighted by atomic mass is 19.4. The van der Waals surface area contributed by atoms with Gasteiger partial charge in [-0.25, -0.2) is 19.3 Å². The summed E-state index contributed by atoms with van der Waals surface area (Å²) >= 11 is 0. The summed E-state index contributed by atoms with van der Waals surface area (Å²) in [6.07, 6.45) is 4.17. The summed E-state index contributed by atoms with van der Waals surface area (Å²) in [6, 6.07) is 24.4. The minimum atomic E-state index is -4.55. The highest BCUT2D eigenvalue weighted by Gasteiger charge is 2.40. The Morgan fingerprint density at radius 1 is 0.674 bits per heavy atom. The van der Waals surface area contributed by atoms with Crippen LogP contribution in [0.1, 0.15) is 69.3 Å². The lowest BCUT2D eigenvalue weighted by molar-refractivity contribution is -0.141. The Kier molecular flexibility index (Phi) is 8.94. The van der Waals surface area contributed by atoms with Gasteiger partial charge in [-0.1, -0.05) is 82.0 Å². The number of hydrogen-bond donors (Lipinski definition) is 0. The second kappa shape index (κ2) is 12.8. The predicted octanol–water partition coefficient (Wildman–Crippen LogP) is 8.59. The van der Waals surface area contributed by atoms with E-state index in [1.54, 1.807) is 16.8 Å². The van der Waals surface area contributed by atoms with Crippen molar-refractivity contribution in [3.8, 4) is 11.6 Å². The lowest BCUT2D eigenvalue weighted by Gasteiger charge is -2.45. The summed E-state index contributed by atoms with van der Waals surface area (Å²) in [7, 11) is 0. The van der Waals surface area contributed by atoms with Gasteiger partial charge in [0.2, 0.25) is 0 Å². The molecule has 0 aliphatic heterocycles. The highest BCUT2D eigenvalue weighted by molar-refractivity contribution is 5.62. The maximum absolute atomic E-state index is 13.4. The molecule has 0 bridgehead atoms. The molecule has 0 radical (unpaired) electrons. The summed E-state index contributed by atoms with van der Waals surface area (Å²) in [5, 5.41) is 8.35. The number of hydrogen-bond acceptors (Lipinski definition) is 5. The Hall–Kier alpha value is -4.47. The van der Waals surface area contributed by atoms with E-state index in [9.17, 15) is 13.2 Å². The van der Waals surface area contributed by atoms with Crippen molar-refractivity contribution in [2.45, 2.75) is 71.0 Å². The van der Waals surface area contributed by atoms with E-state index in [2.05, 4.69) is 41.1 Å². The largest absolute Gasteiger partial charge is 0.435 e. The third-order valence-electron chi connectivity index (χ3n) is 7.60. The van der Waals surface area contributed by atoms with Gasteiger partial charge in [0.25, 0.3) is 0 Å². The molecule has 0 fully saturated rings. The van der Waals surface area contributed by atoms with Gasteiger partial charge in [0.05, 0.1) is 11.2 Å². The summed E-state index contributed by atoms with van der Waals surface area (Å²) in [6.45, 7) is 6.28. The van der Waals surface area contributed by atoms with Gasteiger partial charge in [-0.2, -0.15) is 23.4 Å². The molecule has 0 amide bonds. The number of alkyl halides is 3. The molecule has 0 saturated carbocycles. The van der Waals surface area contributed by atoms with Crippen LogP contribution in [0.3, 0.4) is 0 Å². The third kappa shape index (κ3) is 6.48. The smallest absolute Gasteiger partial charge is 0.300 e. The zero-order valence-corrected chi connectivity index (χ0v) is 24.7. The number of nitrogens with zero attached hydrogens (tertiary/aromatic N) is 7. The van der Waals surface area contributed by atoms with Gasteiger partial charge in [0, 0.05) is 12.4 Å². The predicted molar refractivity (Wildman–Crippen MR) is 162 cm³/mol. The fraction of sp³-hybridized carbons (Fsp3) is 0.333. The highest BCUT2D eigenvalue weighted by Crippen LogP contribution is 2.45. The molecular weight excluding hydrogens is 551 g/mol. The van der Waals surface area contributed by atoms with Crippen LogP contribution in [-0.4, -0.2) is 29.5 Å². The van der Waals surface area contributed by atoms with E-state index in [0.29, 0.717) is 17.5 Å². The van der Waals surface area contributed by atoms with Gasteiger partial charge in [-0.15, -0.1) is 0 Å². The van der Waals surface area contributed by atoms with Gasteiger partial charge in [-0.05, 0) is 61.7 Å². The first-order valence-corrected chi connectivity index (χ1v) is 14.7. The molecule has 43 heavy (non-hydrogen) atoms. The summed E-state index contributed by atoms with van der Waals surface area (Å²) < 4.78 is 43.1. The number of unbranched alkanes of at least 4 members (excludes halogenated alkanes) is 2. The molecule has 0 saturated heterocycles. The number of anilines is 2. The SMILES string of the molecule is CCCCC(CCCC)(c1ccccc1)N(c1cccc(-n2ccc(C)n2)n1)c1cccc(-n2ccc(C(F)(F)F)n2)n1. The standard InChI is InChI=1S/C33H36F3N7/c1-4-6-21-32(22-7-5-2,26-13-9-8-10-14-26)43(30-17-11-15-28(37-30)41-23-19-25(3)39-41)31-18-12-16-29(38-31)42-24-20-27(40-42)33(34,35)36/h8-20,23-24H,4-7,21-22H2,1-3H3. The van der Waals surface area contributed by atoms with E-state index in [-0.39, 0.29) is 5.82 Å². The van der Waals surface area contributed by atoms with Crippen LogP contribution in [0.2, 0.25) is 0 Å². The average molecular weight is 588 g/mol. The molecule has 224 valence electrons. The Balaban J connectivity index is 1.74. The zero-order valence-electron chi connectivity index (χ0n) is 24.7. The minimum Gasteiger partial charge on any atom is -0.300 e. The topological polar surface area (TPSA) is 64.7 Å². The summed E-state index contributed by atoms with van der Waals surface area (Å²) in [5.41, 5.74) is 0.501. The van der Waals surface area contributed by atoms with Crippen molar-refractivity contribution < 1.29 is 13.2 Å². The quantitative estimate of drug-likeness (QED) is 0.146. The van der Waals surface area contributed by atoms with Crippen LogP contribution >= 0.6 is 0 Å². The molecule has 4 aromatic heterocycles. The van der Waals surface area contributed by atoms with Crippen molar-refractivity contribution in [3.05, 3.63) is 108 Å². The molecule has 10 heteroatoms. The van der Waals surface area contributed by atoms with Gasteiger partial charge in [0.1, 0.15) is 11.6 Å². The Labute approximate surface area is 250 Å². The number of aryl methyl sites for hydroxylation is 1. The van der Waals surface area contributed by atoms with E-state index in [1.165, 1.54) is 10.9 Å². The monoisotopic (exact) mass is 587 g/mol. The summed E-state index contributed by atoms with van der Waals surface area (Å²) in [4.78, 5) is 12.2. The lowest BCUT2D eigenvalue weighted by Crippen LogP contribution is -2.45. The number of rotatable bonds is 12. The number of halogens is 3. The number of pyridine rings is 2. The van der Waals surface area contributed by atoms with Crippen molar-refractivity contribution >= 4 is 11.6 Å². The van der Waals surface area contributed by atoms with Gasteiger partial charge in [-0.3, -0.25) is 0 Å². The average Bonchev–Trinajstić information content (AvgIpc) is 3.69. The first kappa shape index (κ1) is 30.0. The fourth-order valence-electron chi connectivity index (χ4n) is 5.48. The van der Waals surface area contributed by atoms with E-state index in [4.69, 9.17) is 9.97 Å². The third-order valence-corrected chi connectivity index (χ3v) is 7.60. The van der Waals surface area contributed by atoms with Crippen LogP contribution in [0.5, 0.6) is 0 Å². The van der Waals surface area contributed by atoms with Crippen molar-refractivity contribution in [1.29, 1.82) is 0 Å². The molecule has 7 nitrogen and oxygen atoms in total. The maximum Gasteiger partial charge on any atom is 0.435 e. The van der Waals surface area contributed by atoms with Crippen LogP contribution in [0.4, 0.5) is 24.8 Å². The lowest BCUT2D eigenvalue weighted by atomic mass is 9.78. The van der Waals surface area contributed by atoms with Gasteiger partial charge in [0.15, 0.2) is 17.3 Å². The molecule has 5 rings (SSSR count). The van der Waals surface area contributed by atoms with Crippen LogP contribution in [0.15, 0.2) is 91.3 Å². The normalized spacial score (nSPS) is 12.0. The molecule has 1 aromatic carbocycles. The van der Waals surface area contributed by atoms with Crippen LogP contribution in [0, 0.1) is 6.92 Å². The van der Waals surface area contributed by atoms with Crippen molar-refractivity contribution in [1.82, 2.24) is 29.5 Å². The second-order valence-corrected chi connectivity index (χ2v) is 10.7. The van der Waals surface area contributed by atoms with Crippen LogP contribution < -0.4 is 4.90 Å². The van der Waals surface area contributed by atoms with Gasteiger partial charge >= 0.3 is 6.18 Å². The molecule has 0 N–H and O–H groups in total. The molecule has 0 aliphatic carbocycles. The van der Waals surface area contributed by atoms with E-state index < -0.39 is 17.4 Å². The minimum absolute atomic E-state index is 0.282. The van der Waals surface area contributed by atoms with Crippen molar-refractivity contribution in [2.75, 3.05) is 4.90 Å². The molecule has 0 unspecified atom stereocenters. The van der Waals surface area contributed by atoms with E-state index in [1.807, 2.05) is 61.7 Å². The maximum atomic E-state index is 13.4. The van der Waals surface area contributed by atoms with Crippen molar-refractivity contribution in [2.24, 2.45) is 0 Å². The first-order chi connectivity index (χ1) is 20.7. The fourth-order valence-corrected chi connectivity index (χ4v) is 5.48. The molecule has 0 spiro atoms. The molecule has 4 heterocycles. The zero-order chi connectivity index (χ0) is 30.5. The van der Waals surface area contributed by atoms with E-state index >= 15 is 0 Å². The van der Waals surface area contributed by atoms with E-state index in [0.717, 1.165) is 55.8 Å². The molecule has 5 aromatic rings. The van der Waals surface area contributed by atoms with Crippen molar-refractivity contribution in [3.63, 3.8) is 0 Å². The molecule has 0 aliphatic rings. The Bertz CT molecular complexity index is 1620. The summed E-state index contributed by atoms with van der Waals surface area (Å²) in [5.74, 6) is 2.17. The number of benzene rings is 1. The van der Waals surface area contributed by atoms with Gasteiger partial charge < -0.3 is 4.90 Å². The van der Waals surface area contributed by atoms with Crippen LogP contribution in [0.25, 0.3) is 11.6 Å². The number of aromatic nitrogens is 6. The first-order valence-electron chi connectivity index (χ1n) is 14.7. The molecule has 0 atom stereocenters.